The lowest BCUT2D eigenvalue weighted by atomic mass is 10.2. The Morgan fingerprint density at radius 3 is 3.00 bits per heavy atom. The van der Waals surface area contributed by atoms with E-state index >= 15 is 0 Å². The molecule has 1 fully saturated rings. The molecule has 2 rings (SSSR count). The summed E-state index contributed by atoms with van der Waals surface area (Å²) in [6.45, 7) is 10.1. The Morgan fingerprint density at radius 1 is 1.42 bits per heavy atom. The van der Waals surface area contributed by atoms with Crippen LogP contribution in [-0.4, -0.2) is 47.2 Å². The second-order valence-corrected chi connectivity index (χ2v) is 4.89. The molecule has 1 atom stereocenters. The molecule has 0 saturated carbocycles. The van der Waals surface area contributed by atoms with Gasteiger partial charge in [0.1, 0.15) is 12.1 Å². The number of nitrogens with one attached hydrogen (secondary N) is 1. The number of anilines is 1. The molecule has 19 heavy (non-hydrogen) atoms. The average Bonchev–Trinajstić information content (AvgIpc) is 2.87. The first-order chi connectivity index (χ1) is 9.26. The molecule has 1 saturated heterocycles. The molecule has 1 aromatic heterocycles. The minimum atomic E-state index is 0.620. The van der Waals surface area contributed by atoms with E-state index in [0.717, 1.165) is 24.5 Å². The molecule has 106 valence electrons. The summed E-state index contributed by atoms with van der Waals surface area (Å²) in [4.78, 5) is 11.0. The molecule has 0 bridgehead atoms. The van der Waals surface area contributed by atoms with Gasteiger partial charge in [0.25, 0.3) is 0 Å². The van der Waals surface area contributed by atoms with E-state index in [-0.39, 0.29) is 0 Å². The van der Waals surface area contributed by atoms with Crippen molar-refractivity contribution in [3.63, 3.8) is 0 Å². The number of hydrogen-bond acceptors (Lipinski definition) is 5. The smallest absolute Gasteiger partial charge is 0.221 e. The van der Waals surface area contributed by atoms with Gasteiger partial charge in [0.15, 0.2) is 0 Å². The maximum Gasteiger partial charge on any atom is 0.221 e. The van der Waals surface area contributed by atoms with Crippen LogP contribution in [0.15, 0.2) is 6.33 Å². The zero-order chi connectivity index (χ0) is 13.7. The van der Waals surface area contributed by atoms with Crippen LogP contribution in [-0.2, 0) is 0 Å². The Balaban J connectivity index is 1.97. The van der Waals surface area contributed by atoms with Crippen LogP contribution in [0.25, 0.3) is 0 Å². The molecule has 0 spiro atoms. The SMILES string of the molecule is CCOc1ncnc(NCC2CCCN2CC)c1C. The van der Waals surface area contributed by atoms with Crippen molar-refractivity contribution >= 4 is 5.82 Å². The third-order valence-electron chi connectivity index (χ3n) is 3.73. The molecule has 1 N–H and O–H groups in total. The van der Waals surface area contributed by atoms with E-state index in [9.17, 15) is 0 Å². The van der Waals surface area contributed by atoms with Gasteiger partial charge in [0.05, 0.1) is 12.2 Å². The van der Waals surface area contributed by atoms with Crippen LogP contribution in [0, 0.1) is 6.92 Å². The minimum absolute atomic E-state index is 0.620. The monoisotopic (exact) mass is 264 g/mol. The molecule has 1 aromatic rings. The van der Waals surface area contributed by atoms with Crippen molar-refractivity contribution in [2.24, 2.45) is 0 Å². The van der Waals surface area contributed by atoms with Crippen LogP contribution < -0.4 is 10.1 Å². The first-order valence-electron chi connectivity index (χ1n) is 7.18. The summed E-state index contributed by atoms with van der Waals surface area (Å²) in [6.07, 6.45) is 4.13. The summed E-state index contributed by atoms with van der Waals surface area (Å²) in [5.74, 6) is 1.57. The van der Waals surface area contributed by atoms with E-state index < -0.39 is 0 Å². The minimum Gasteiger partial charge on any atom is -0.478 e. The summed E-state index contributed by atoms with van der Waals surface area (Å²) in [5, 5.41) is 3.45. The van der Waals surface area contributed by atoms with Crippen molar-refractivity contribution in [2.75, 3.05) is 31.6 Å². The maximum atomic E-state index is 5.49. The van der Waals surface area contributed by atoms with E-state index in [1.165, 1.54) is 19.4 Å². The first kappa shape index (κ1) is 14.1. The van der Waals surface area contributed by atoms with Gasteiger partial charge in [-0.1, -0.05) is 6.92 Å². The Labute approximate surface area is 115 Å². The number of hydrogen-bond donors (Lipinski definition) is 1. The molecule has 0 aliphatic carbocycles. The summed E-state index contributed by atoms with van der Waals surface area (Å²) >= 11 is 0. The Morgan fingerprint density at radius 2 is 2.26 bits per heavy atom. The van der Waals surface area contributed by atoms with E-state index in [4.69, 9.17) is 4.74 Å². The highest BCUT2D eigenvalue weighted by molar-refractivity contribution is 5.47. The summed E-state index contributed by atoms with van der Waals surface area (Å²) < 4.78 is 5.49. The number of ether oxygens (including phenoxy) is 1. The molecular formula is C14H24N4O. The second-order valence-electron chi connectivity index (χ2n) is 4.89. The quantitative estimate of drug-likeness (QED) is 0.852. The van der Waals surface area contributed by atoms with Crippen LogP contribution in [0.5, 0.6) is 5.88 Å². The molecule has 1 aliphatic rings. The van der Waals surface area contributed by atoms with Gasteiger partial charge in [0.2, 0.25) is 5.88 Å². The second kappa shape index (κ2) is 6.70. The van der Waals surface area contributed by atoms with Crippen molar-refractivity contribution in [1.29, 1.82) is 0 Å². The summed E-state index contributed by atoms with van der Waals surface area (Å²) in [7, 11) is 0. The highest BCUT2D eigenvalue weighted by Crippen LogP contribution is 2.22. The van der Waals surface area contributed by atoms with Crippen LogP contribution in [0.1, 0.15) is 32.3 Å². The Bertz CT molecular complexity index is 410. The van der Waals surface area contributed by atoms with Crippen molar-refractivity contribution in [3.05, 3.63) is 11.9 Å². The van der Waals surface area contributed by atoms with Gasteiger partial charge in [0, 0.05) is 12.6 Å². The number of nitrogens with zero attached hydrogens (tertiary/aromatic N) is 3. The largest absolute Gasteiger partial charge is 0.478 e. The topological polar surface area (TPSA) is 50.3 Å². The third-order valence-corrected chi connectivity index (χ3v) is 3.73. The number of likely N-dealkylation sites (N-methyl/N-ethyl adjacent to an activating group) is 1. The Hall–Kier alpha value is -1.36. The lowest BCUT2D eigenvalue weighted by molar-refractivity contribution is 0.277. The standard InChI is InChI=1S/C14H24N4O/c1-4-18-8-6-7-12(18)9-15-13-11(3)14(19-5-2)17-10-16-13/h10,12H,4-9H2,1-3H3,(H,15,16,17). The molecular weight excluding hydrogens is 240 g/mol. The average molecular weight is 264 g/mol. The predicted octanol–water partition coefficient (Wildman–Crippen LogP) is 2.08. The summed E-state index contributed by atoms with van der Waals surface area (Å²) in [5.41, 5.74) is 0.991. The van der Waals surface area contributed by atoms with E-state index in [0.29, 0.717) is 18.5 Å². The van der Waals surface area contributed by atoms with Crippen LogP contribution in [0.3, 0.4) is 0 Å². The zero-order valence-electron chi connectivity index (χ0n) is 12.1. The van der Waals surface area contributed by atoms with Crippen molar-refractivity contribution in [1.82, 2.24) is 14.9 Å². The van der Waals surface area contributed by atoms with Crippen LogP contribution in [0.4, 0.5) is 5.82 Å². The molecule has 5 heteroatoms. The fourth-order valence-corrected chi connectivity index (χ4v) is 2.65. The first-order valence-corrected chi connectivity index (χ1v) is 7.18. The number of rotatable bonds is 6. The Kier molecular flexibility index (Phi) is 4.96. The van der Waals surface area contributed by atoms with E-state index in [2.05, 4.69) is 27.1 Å². The molecule has 1 unspecified atom stereocenters. The molecule has 1 aliphatic heterocycles. The van der Waals surface area contributed by atoms with Gasteiger partial charge in [-0.3, -0.25) is 4.90 Å². The van der Waals surface area contributed by atoms with Gasteiger partial charge >= 0.3 is 0 Å². The number of aromatic nitrogens is 2. The molecule has 5 nitrogen and oxygen atoms in total. The van der Waals surface area contributed by atoms with Crippen molar-refractivity contribution in [3.8, 4) is 5.88 Å². The molecule has 2 heterocycles. The fourth-order valence-electron chi connectivity index (χ4n) is 2.65. The fraction of sp³-hybridized carbons (Fsp3) is 0.714. The zero-order valence-corrected chi connectivity index (χ0v) is 12.1. The third kappa shape index (κ3) is 3.35. The van der Waals surface area contributed by atoms with Crippen molar-refractivity contribution in [2.45, 2.75) is 39.7 Å². The van der Waals surface area contributed by atoms with Gasteiger partial charge in [-0.05, 0) is 39.8 Å². The maximum absolute atomic E-state index is 5.49. The van der Waals surface area contributed by atoms with Crippen LogP contribution in [0.2, 0.25) is 0 Å². The number of likely N-dealkylation sites (tertiary alicyclic amines) is 1. The lowest BCUT2D eigenvalue weighted by Crippen LogP contribution is -2.34. The van der Waals surface area contributed by atoms with Crippen LogP contribution >= 0.6 is 0 Å². The van der Waals surface area contributed by atoms with E-state index in [1.807, 2.05) is 13.8 Å². The normalized spacial score (nSPS) is 19.6. The van der Waals surface area contributed by atoms with Gasteiger partial charge < -0.3 is 10.1 Å². The highest BCUT2D eigenvalue weighted by Gasteiger charge is 2.22. The molecule has 0 radical (unpaired) electrons. The molecule has 0 aromatic carbocycles. The van der Waals surface area contributed by atoms with Gasteiger partial charge in [-0.15, -0.1) is 0 Å². The molecule has 0 amide bonds. The predicted molar refractivity (Wildman–Crippen MR) is 76.7 cm³/mol. The van der Waals surface area contributed by atoms with Gasteiger partial charge in [-0.2, -0.15) is 0 Å². The summed E-state index contributed by atoms with van der Waals surface area (Å²) in [6, 6.07) is 0.620. The van der Waals surface area contributed by atoms with Crippen molar-refractivity contribution < 1.29 is 4.74 Å². The van der Waals surface area contributed by atoms with Gasteiger partial charge in [-0.25, -0.2) is 9.97 Å². The highest BCUT2D eigenvalue weighted by atomic mass is 16.5. The lowest BCUT2D eigenvalue weighted by Gasteiger charge is -2.23. The van der Waals surface area contributed by atoms with E-state index in [1.54, 1.807) is 6.33 Å².